The van der Waals surface area contributed by atoms with Crippen molar-refractivity contribution in [2.24, 2.45) is 0 Å². The summed E-state index contributed by atoms with van der Waals surface area (Å²) >= 11 is 0. The van der Waals surface area contributed by atoms with Crippen LogP contribution in [0.4, 0.5) is 13.2 Å². The second-order valence-corrected chi connectivity index (χ2v) is 4.80. The van der Waals surface area contributed by atoms with Crippen molar-refractivity contribution >= 4 is 17.7 Å². The van der Waals surface area contributed by atoms with Crippen molar-refractivity contribution in [1.29, 1.82) is 0 Å². The average molecular weight is 314 g/mol. The fraction of sp³-hybridized carbons (Fsp3) is 0.357. The third kappa shape index (κ3) is 3.44. The first-order chi connectivity index (χ1) is 10.4. The first-order valence-electron chi connectivity index (χ1n) is 6.66. The van der Waals surface area contributed by atoms with Crippen LogP contribution in [0.1, 0.15) is 29.6 Å². The number of imide groups is 1. The van der Waals surface area contributed by atoms with Gasteiger partial charge in [0.15, 0.2) is 17.5 Å². The minimum atomic E-state index is -1.65. The maximum Gasteiger partial charge on any atom is 0.251 e. The molecular weight excluding hydrogens is 301 g/mol. The molecule has 1 N–H and O–H groups in total. The Kier molecular flexibility index (Phi) is 4.79. The van der Waals surface area contributed by atoms with Gasteiger partial charge in [0.2, 0.25) is 11.8 Å². The Balaban J connectivity index is 1.93. The zero-order chi connectivity index (χ0) is 16.3. The number of piperidine rings is 1. The van der Waals surface area contributed by atoms with Crippen molar-refractivity contribution in [3.63, 3.8) is 0 Å². The average Bonchev–Trinajstić information content (AvgIpc) is 2.47. The number of carbonyl (C=O) groups is 3. The Labute approximate surface area is 124 Å². The van der Waals surface area contributed by atoms with Gasteiger partial charge in [-0.3, -0.25) is 19.3 Å². The molecule has 1 aromatic rings. The minimum absolute atomic E-state index is 0.0183. The van der Waals surface area contributed by atoms with Crippen molar-refractivity contribution in [3.05, 3.63) is 35.1 Å². The molecule has 22 heavy (non-hydrogen) atoms. The highest BCUT2D eigenvalue weighted by Crippen LogP contribution is 2.14. The molecule has 0 radical (unpaired) electrons. The first kappa shape index (κ1) is 16.0. The fourth-order valence-corrected chi connectivity index (χ4v) is 2.12. The predicted molar refractivity (Wildman–Crippen MR) is 69.2 cm³/mol. The summed E-state index contributed by atoms with van der Waals surface area (Å²) in [6, 6.07) is 1.15. The van der Waals surface area contributed by atoms with E-state index in [0.29, 0.717) is 18.6 Å². The molecule has 1 heterocycles. The molecule has 3 amide bonds. The van der Waals surface area contributed by atoms with E-state index >= 15 is 0 Å². The number of carbonyl (C=O) groups excluding carboxylic acids is 3. The number of hydrogen-bond acceptors (Lipinski definition) is 3. The smallest absolute Gasteiger partial charge is 0.251 e. The van der Waals surface area contributed by atoms with Crippen LogP contribution in [-0.4, -0.2) is 35.7 Å². The number of amides is 3. The summed E-state index contributed by atoms with van der Waals surface area (Å²) in [5.41, 5.74) is -0.382. The normalized spacial score (nSPS) is 15.1. The summed E-state index contributed by atoms with van der Waals surface area (Å²) in [5, 5.41) is 2.32. The van der Waals surface area contributed by atoms with E-state index < -0.39 is 23.4 Å². The molecule has 118 valence electrons. The molecule has 5 nitrogen and oxygen atoms in total. The Hall–Kier alpha value is -2.38. The molecule has 0 aromatic heterocycles. The zero-order valence-electron chi connectivity index (χ0n) is 11.5. The topological polar surface area (TPSA) is 66.5 Å². The SMILES string of the molecule is O=C(NCCN1C(=O)CCCC1=O)c1cc(F)c(F)c(F)c1. The van der Waals surface area contributed by atoms with Crippen LogP contribution in [-0.2, 0) is 9.59 Å². The number of benzene rings is 1. The van der Waals surface area contributed by atoms with E-state index in [4.69, 9.17) is 0 Å². The highest BCUT2D eigenvalue weighted by Gasteiger charge is 2.25. The minimum Gasteiger partial charge on any atom is -0.350 e. The van der Waals surface area contributed by atoms with Crippen LogP contribution >= 0.6 is 0 Å². The van der Waals surface area contributed by atoms with E-state index in [-0.39, 0.29) is 43.3 Å². The van der Waals surface area contributed by atoms with Crippen molar-refractivity contribution in [2.75, 3.05) is 13.1 Å². The number of likely N-dealkylation sites (tertiary alicyclic amines) is 1. The molecule has 0 unspecified atom stereocenters. The number of rotatable bonds is 4. The highest BCUT2D eigenvalue weighted by atomic mass is 19.2. The van der Waals surface area contributed by atoms with Gasteiger partial charge >= 0.3 is 0 Å². The van der Waals surface area contributed by atoms with E-state index in [2.05, 4.69) is 5.32 Å². The molecule has 0 spiro atoms. The monoisotopic (exact) mass is 314 g/mol. The van der Waals surface area contributed by atoms with Gasteiger partial charge < -0.3 is 5.32 Å². The Morgan fingerprint density at radius 2 is 1.64 bits per heavy atom. The van der Waals surface area contributed by atoms with Gasteiger partial charge in [0, 0.05) is 31.5 Å². The number of halogens is 3. The molecule has 0 saturated carbocycles. The largest absolute Gasteiger partial charge is 0.350 e. The van der Waals surface area contributed by atoms with Crippen molar-refractivity contribution in [2.45, 2.75) is 19.3 Å². The molecule has 0 atom stereocenters. The molecule has 2 rings (SSSR count). The van der Waals surface area contributed by atoms with E-state index in [1.807, 2.05) is 0 Å². The van der Waals surface area contributed by atoms with Gasteiger partial charge in [0.25, 0.3) is 5.91 Å². The second kappa shape index (κ2) is 6.59. The summed E-state index contributed by atoms with van der Waals surface area (Å²) in [7, 11) is 0. The lowest BCUT2D eigenvalue weighted by Crippen LogP contribution is -2.44. The second-order valence-electron chi connectivity index (χ2n) is 4.80. The van der Waals surface area contributed by atoms with Gasteiger partial charge in [-0.15, -0.1) is 0 Å². The maximum atomic E-state index is 13.0. The summed E-state index contributed by atoms with van der Waals surface area (Å²) in [5.74, 6) is -6.04. The summed E-state index contributed by atoms with van der Waals surface area (Å²) < 4.78 is 38.8. The molecule has 0 bridgehead atoms. The van der Waals surface area contributed by atoms with Crippen molar-refractivity contribution < 1.29 is 27.6 Å². The van der Waals surface area contributed by atoms with Crippen molar-refractivity contribution in [1.82, 2.24) is 10.2 Å². The van der Waals surface area contributed by atoms with Crippen LogP contribution in [0.3, 0.4) is 0 Å². The number of nitrogens with one attached hydrogen (secondary N) is 1. The highest BCUT2D eigenvalue weighted by molar-refractivity contribution is 5.97. The van der Waals surface area contributed by atoms with Crippen LogP contribution < -0.4 is 5.32 Å². The maximum absolute atomic E-state index is 13.0. The van der Waals surface area contributed by atoms with Gasteiger partial charge in [-0.1, -0.05) is 0 Å². The van der Waals surface area contributed by atoms with Crippen molar-refractivity contribution in [3.8, 4) is 0 Å². The lowest BCUT2D eigenvalue weighted by molar-refractivity contribution is -0.147. The lowest BCUT2D eigenvalue weighted by atomic mass is 10.1. The first-order valence-corrected chi connectivity index (χ1v) is 6.66. The number of hydrogen-bond donors (Lipinski definition) is 1. The molecule has 0 aliphatic carbocycles. The quantitative estimate of drug-likeness (QED) is 0.674. The lowest BCUT2D eigenvalue weighted by Gasteiger charge is -2.24. The van der Waals surface area contributed by atoms with E-state index in [1.165, 1.54) is 0 Å². The molecule has 1 fully saturated rings. The van der Waals surface area contributed by atoms with Crippen LogP contribution in [0, 0.1) is 17.5 Å². The van der Waals surface area contributed by atoms with Crippen LogP contribution in [0.2, 0.25) is 0 Å². The summed E-state index contributed by atoms with van der Waals surface area (Å²) in [4.78, 5) is 35.8. The van der Waals surface area contributed by atoms with Gasteiger partial charge in [-0.25, -0.2) is 13.2 Å². The van der Waals surface area contributed by atoms with Gasteiger partial charge in [-0.05, 0) is 18.6 Å². The van der Waals surface area contributed by atoms with Gasteiger partial charge in [-0.2, -0.15) is 0 Å². The van der Waals surface area contributed by atoms with Gasteiger partial charge in [0.05, 0.1) is 0 Å². The predicted octanol–water partition coefficient (Wildman–Crippen LogP) is 1.37. The standard InChI is InChI=1S/C14H13F3N2O3/c15-9-6-8(7-10(16)13(9)17)14(22)18-4-5-19-11(20)2-1-3-12(19)21/h6-7H,1-5H2,(H,18,22). The Morgan fingerprint density at radius 1 is 1.09 bits per heavy atom. The molecule has 1 aliphatic heterocycles. The fourth-order valence-electron chi connectivity index (χ4n) is 2.12. The molecular formula is C14H13F3N2O3. The van der Waals surface area contributed by atoms with Crippen LogP contribution in [0.5, 0.6) is 0 Å². The van der Waals surface area contributed by atoms with E-state index in [9.17, 15) is 27.6 Å². The number of nitrogens with zero attached hydrogens (tertiary/aromatic N) is 1. The molecule has 1 aromatic carbocycles. The third-order valence-corrected chi connectivity index (χ3v) is 3.25. The summed E-state index contributed by atoms with van der Waals surface area (Å²) in [6.07, 6.45) is 1.05. The molecule has 1 aliphatic rings. The summed E-state index contributed by atoms with van der Waals surface area (Å²) in [6.45, 7) is -0.0769. The van der Waals surface area contributed by atoms with Gasteiger partial charge in [0.1, 0.15) is 0 Å². The van der Waals surface area contributed by atoms with Crippen LogP contribution in [0.25, 0.3) is 0 Å². The third-order valence-electron chi connectivity index (χ3n) is 3.25. The van der Waals surface area contributed by atoms with E-state index in [0.717, 1.165) is 4.90 Å². The molecule has 1 saturated heterocycles. The Bertz CT molecular complexity index is 595. The van der Waals surface area contributed by atoms with Crippen LogP contribution in [0.15, 0.2) is 12.1 Å². The van der Waals surface area contributed by atoms with E-state index in [1.54, 1.807) is 0 Å². The molecule has 8 heteroatoms. The zero-order valence-corrected chi connectivity index (χ0v) is 11.5. The Morgan fingerprint density at radius 3 is 2.18 bits per heavy atom.